The molecule has 0 radical (unpaired) electrons. The predicted molar refractivity (Wildman–Crippen MR) is 71.8 cm³/mol. The molecule has 1 aliphatic rings. The van der Waals surface area contributed by atoms with Crippen LogP contribution in [-0.4, -0.2) is 14.5 Å². The molecular formula is C11H18N2O2S2. The summed E-state index contributed by atoms with van der Waals surface area (Å²) in [5.41, 5.74) is 1.31. The van der Waals surface area contributed by atoms with E-state index in [1.807, 2.05) is 6.07 Å². The second-order valence-corrected chi connectivity index (χ2v) is 7.23. The summed E-state index contributed by atoms with van der Waals surface area (Å²) in [5, 5.41) is 0.727. The molecule has 6 heteroatoms. The Bertz CT molecular complexity index is 468. The largest absolute Gasteiger partial charge is 0.299 e. The van der Waals surface area contributed by atoms with Crippen LogP contribution in [-0.2, 0) is 23.1 Å². The number of anilines is 1. The summed E-state index contributed by atoms with van der Waals surface area (Å²) < 4.78 is 28.5. The molecule has 4 nitrogen and oxygen atoms in total. The number of rotatable bonds is 4. The number of thiophene rings is 1. The maximum atomic E-state index is 11.7. The van der Waals surface area contributed by atoms with E-state index in [-0.39, 0.29) is 6.04 Å². The zero-order chi connectivity index (χ0) is 12.5. The molecule has 0 aliphatic heterocycles. The number of hydrogen-bond acceptors (Lipinski definition) is 3. The SMILES string of the molecule is CC(C)NS(=O)(=O)Nc1cc2c(s1)CCCC2. The molecule has 0 spiro atoms. The highest BCUT2D eigenvalue weighted by Crippen LogP contribution is 2.33. The number of nitrogens with one attached hydrogen (secondary N) is 2. The monoisotopic (exact) mass is 274 g/mol. The van der Waals surface area contributed by atoms with Gasteiger partial charge in [0.05, 0.1) is 0 Å². The van der Waals surface area contributed by atoms with Crippen LogP contribution < -0.4 is 9.44 Å². The van der Waals surface area contributed by atoms with Gasteiger partial charge in [-0.25, -0.2) is 0 Å². The van der Waals surface area contributed by atoms with Crippen LogP contribution in [0.2, 0.25) is 0 Å². The van der Waals surface area contributed by atoms with Crippen LogP contribution >= 0.6 is 11.3 Å². The highest BCUT2D eigenvalue weighted by atomic mass is 32.2. The molecule has 0 amide bonds. The van der Waals surface area contributed by atoms with Gasteiger partial charge in [-0.1, -0.05) is 0 Å². The average molecular weight is 274 g/mol. The molecule has 0 aromatic carbocycles. The lowest BCUT2D eigenvalue weighted by molar-refractivity contribution is 0.575. The van der Waals surface area contributed by atoms with Gasteiger partial charge in [-0.05, 0) is 51.2 Å². The number of fused-ring (bicyclic) bond motifs is 1. The summed E-state index contributed by atoms with van der Waals surface area (Å²) >= 11 is 1.56. The van der Waals surface area contributed by atoms with E-state index in [2.05, 4.69) is 9.44 Å². The smallest absolute Gasteiger partial charge is 0.262 e. The molecule has 0 fully saturated rings. The normalized spacial score (nSPS) is 15.9. The van der Waals surface area contributed by atoms with Crippen molar-refractivity contribution >= 4 is 26.5 Å². The molecule has 0 saturated heterocycles. The van der Waals surface area contributed by atoms with Gasteiger partial charge in [0.25, 0.3) is 10.2 Å². The van der Waals surface area contributed by atoms with E-state index in [1.165, 1.54) is 23.3 Å². The Morgan fingerprint density at radius 2 is 2.00 bits per heavy atom. The topological polar surface area (TPSA) is 58.2 Å². The molecule has 2 N–H and O–H groups in total. The summed E-state index contributed by atoms with van der Waals surface area (Å²) in [6.45, 7) is 3.61. The van der Waals surface area contributed by atoms with Gasteiger partial charge in [0.1, 0.15) is 5.00 Å². The van der Waals surface area contributed by atoms with Crippen molar-refractivity contribution in [3.05, 3.63) is 16.5 Å². The Labute approximate surface area is 107 Å². The highest BCUT2D eigenvalue weighted by molar-refractivity contribution is 7.91. The predicted octanol–water partition coefficient (Wildman–Crippen LogP) is 2.28. The van der Waals surface area contributed by atoms with E-state index < -0.39 is 10.2 Å². The first-order chi connectivity index (χ1) is 7.96. The Morgan fingerprint density at radius 1 is 1.29 bits per heavy atom. The molecule has 0 bridgehead atoms. The van der Waals surface area contributed by atoms with Crippen molar-refractivity contribution in [2.75, 3.05) is 4.72 Å². The van der Waals surface area contributed by atoms with E-state index in [9.17, 15) is 8.42 Å². The average Bonchev–Trinajstić information content (AvgIpc) is 2.55. The van der Waals surface area contributed by atoms with E-state index in [1.54, 1.807) is 25.2 Å². The van der Waals surface area contributed by atoms with Gasteiger partial charge in [0.2, 0.25) is 0 Å². The lowest BCUT2D eigenvalue weighted by Gasteiger charge is -2.09. The fourth-order valence-corrected chi connectivity index (χ4v) is 4.52. The molecule has 17 heavy (non-hydrogen) atoms. The fraction of sp³-hybridized carbons (Fsp3) is 0.636. The minimum absolute atomic E-state index is 0.0953. The minimum Gasteiger partial charge on any atom is -0.262 e. The minimum atomic E-state index is -3.42. The quantitative estimate of drug-likeness (QED) is 0.885. The van der Waals surface area contributed by atoms with Crippen LogP contribution in [0.15, 0.2) is 6.07 Å². The fourth-order valence-electron chi connectivity index (χ4n) is 2.01. The summed E-state index contributed by atoms with van der Waals surface area (Å²) in [7, 11) is -3.42. The van der Waals surface area contributed by atoms with Gasteiger partial charge < -0.3 is 0 Å². The number of hydrogen-bond donors (Lipinski definition) is 2. The second-order valence-electron chi connectivity index (χ2n) is 4.64. The third-order valence-corrected chi connectivity index (χ3v) is 5.17. The Balaban J connectivity index is 2.11. The second kappa shape index (κ2) is 4.96. The molecule has 0 atom stereocenters. The zero-order valence-corrected chi connectivity index (χ0v) is 11.7. The Hall–Kier alpha value is -0.590. The van der Waals surface area contributed by atoms with Crippen molar-refractivity contribution in [3.63, 3.8) is 0 Å². The molecule has 2 rings (SSSR count). The Morgan fingerprint density at radius 3 is 2.65 bits per heavy atom. The van der Waals surface area contributed by atoms with Gasteiger partial charge in [-0.15, -0.1) is 11.3 Å². The van der Waals surface area contributed by atoms with Crippen LogP contribution in [0.3, 0.4) is 0 Å². The van der Waals surface area contributed by atoms with Crippen molar-refractivity contribution in [2.24, 2.45) is 0 Å². The summed E-state index contributed by atoms with van der Waals surface area (Å²) in [6.07, 6.45) is 4.58. The third kappa shape index (κ3) is 3.43. The molecule has 1 aliphatic carbocycles. The highest BCUT2D eigenvalue weighted by Gasteiger charge is 2.17. The first kappa shape index (κ1) is 12.9. The van der Waals surface area contributed by atoms with Gasteiger partial charge in [-0.2, -0.15) is 13.1 Å². The summed E-state index contributed by atoms with van der Waals surface area (Å²) in [6, 6.07) is 1.88. The molecule has 1 aromatic heterocycles. The standard InChI is InChI=1S/C11H18N2O2S2/c1-8(2)12-17(14,15)13-11-7-9-5-3-4-6-10(9)16-11/h7-8,12-13H,3-6H2,1-2H3. The lowest BCUT2D eigenvalue weighted by atomic mass is 10.00. The maximum Gasteiger partial charge on any atom is 0.299 e. The summed E-state index contributed by atoms with van der Waals surface area (Å²) in [5.74, 6) is 0. The van der Waals surface area contributed by atoms with Crippen molar-refractivity contribution in [1.29, 1.82) is 0 Å². The van der Waals surface area contributed by atoms with Gasteiger partial charge in [-0.3, -0.25) is 4.72 Å². The van der Waals surface area contributed by atoms with E-state index in [0.29, 0.717) is 0 Å². The maximum absolute atomic E-state index is 11.7. The lowest BCUT2D eigenvalue weighted by Crippen LogP contribution is -2.34. The van der Waals surface area contributed by atoms with Crippen LogP contribution in [0, 0.1) is 0 Å². The van der Waals surface area contributed by atoms with Crippen molar-refractivity contribution < 1.29 is 8.42 Å². The van der Waals surface area contributed by atoms with Crippen LogP contribution in [0.1, 0.15) is 37.1 Å². The molecule has 0 unspecified atom stereocenters. The molecule has 96 valence electrons. The van der Waals surface area contributed by atoms with E-state index >= 15 is 0 Å². The molecule has 1 heterocycles. The van der Waals surface area contributed by atoms with E-state index in [4.69, 9.17) is 0 Å². The molecule has 1 aromatic rings. The van der Waals surface area contributed by atoms with Crippen LogP contribution in [0.5, 0.6) is 0 Å². The zero-order valence-electron chi connectivity index (χ0n) is 10.1. The van der Waals surface area contributed by atoms with E-state index in [0.717, 1.165) is 17.8 Å². The number of aryl methyl sites for hydroxylation is 2. The molecular weight excluding hydrogens is 256 g/mol. The van der Waals surface area contributed by atoms with Crippen molar-refractivity contribution in [2.45, 2.75) is 45.6 Å². The third-order valence-electron chi connectivity index (χ3n) is 2.62. The Kier molecular flexibility index (Phi) is 3.75. The van der Waals surface area contributed by atoms with Crippen LogP contribution in [0.25, 0.3) is 0 Å². The molecule has 0 saturated carbocycles. The van der Waals surface area contributed by atoms with Crippen molar-refractivity contribution in [3.8, 4) is 0 Å². The van der Waals surface area contributed by atoms with Gasteiger partial charge in [0, 0.05) is 10.9 Å². The first-order valence-electron chi connectivity index (χ1n) is 5.88. The summed E-state index contributed by atoms with van der Waals surface area (Å²) in [4.78, 5) is 1.33. The van der Waals surface area contributed by atoms with Crippen LogP contribution in [0.4, 0.5) is 5.00 Å². The first-order valence-corrected chi connectivity index (χ1v) is 8.18. The van der Waals surface area contributed by atoms with Crippen molar-refractivity contribution in [1.82, 2.24) is 4.72 Å². The van der Waals surface area contributed by atoms with Gasteiger partial charge in [0.15, 0.2) is 0 Å². The van der Waals surface area contributed by atoms with Gasteiger partial charge >= 0.3 is 0 Å².